The number of ketones is 1. The van der Waals surface area contributed by atoms with Gasteiger partial charge in [0.2, 0.25) is 11.7 Å². The van der Waals surface area contributed by atoms with Gasteiger partial charge in [-0.15, -0.1) is 0 Å². The predicted molar refractivity (Wildman–Crippen MR) is 139 cm³/mol. The number of amides is 2. The lowest BCUT2D eigenvalue weighted by molar-refractivity contribution is -0.117. The minimum Gasteiger partial charge on any atom is -0.503 e. The number of halogens is 1. The van der Waals surface area contributed by atoms with E-state index >= 15 is 0 Å². The molecule has 3 aromatic carbocycles. The average molecular weight is 517 g/mol. The molecule has 0 fully saturated rings. The molecule has 37 heavy (non-hydrogen) atoms. The molecule has 1 aromatic heterocycles. The van der Waals surface area contributed by atoms with Crippen LogP contribution in [0.5, 0.6) is 5.75 Å². The van der Waals surface area contributed by atoms with Gasteiger partial charge in [-0.3, -0.25) is 19.3 Å². The Hall–Kier alpha value is -4.56. The number of rotatable bonds is 6. The van der Waals surface area contributed by atoms with Gasteiger partial charge < -0.3 is 19.6 Å². The quantitative estimate of drug-likeness (QED) is 0.312. The molecule has 5 rings (SSSR count). The number of hydrogen-bond acceptors (Lipinski definition) is 6. The molecule has 1 atom stereocenters. The lowest BCUT2D eigenvalue weighted by Gasteiger charge is -2.27. The summed E-state index contributed by atoms with van der Waals surface area (Å²) in [4.78, 5) is 39.9. The summed E-state index contributed by atoms with van der Waals surface area (Å²) in [5.41, 5.74) is 1.81. The van der Waals surface area contributed by atoms with Crippen LogP contribution >= 0.6 is 11.6 Å². The number of ether oxygens (including phenoxy) is 1. The molecule has 0 aliphatic carbocycles. The van der Waals surface area contributed by atoms with Crippen LogP contribution < -0.4 is 15.0 Å². The fraction of sp³-hybridized carbons (Fsp3) is 0.107. The SMILES string of the molecule is COc1cccc(C2C(C(=O)c3cc4cc(Cl)ccc4o3)=C(O)C(=O)N2c2ccc(NC(C)=O)cc2)c1. The smallest absolute Gasteiger partial charge is 0.294 e. The Morgan fingerprint density at radius 2 is 1.81 bits per heavy atom. The standard InChI is InChI=1S/C28H21ClN2O6/c1-15(32)30-19-7-9-20(10-8-19)31-25(16-4-3-5-21(13-16)36-2)24(27(34)28(31)35)26(33)23-14-17-12-18(29)6-11-22(17)37-23/h3-14,25,34H,1-2H3,(H,30,32). The van der Waals surface area contributed by atoms with Gasteiger partial charge in [-0.1, -0.05) is 23.7 Å². The first kappa shape index (κ1) is 24.1. The summed E-state index contributed by atoms with van der Waals surface area (Å²) in [5, 5.41) is 14.8. The Morgan fingerprint density at radius 1 is 1.05 bits per heavy atom. The van der Waals surface area contributed by atoms with Crippen molar-refractivity contribution < 1.29 is 28.6 Å². The van der Waals surface area contributed by atoms with E-state index < -0.39 is 23.5 Å². The van der Waals surface area contributed by atoms with Gasteiger partial charge in [0.15, 0.2) is 11.5 Å². The molecular weight excluding hydrogens is 496 g/mol. The largest absolute Gasteiger partial charge is 0.503 e. The molecule has 2 heterocycles. The summed E-state index contributed by atoms with van der Waals surface area (Å²) in [6.45, 7) is 1.39. The average Bonchev–Trinajstić information content (AvgIpc) is 3.42. The summed E-state index contributed by atoms with van der Waals surface area (Å²) in [6.07, 6.45) is 0. The highest BCUT2D eigenvalue weighted by atomic mass is 35.5. The molecular formula is C28H21ClN2O6. The van der Waals surface area contributed by atoms with E-state index in [1.165, 1.54) is 25.0 Å². The van der Waals surface area contributed by atoms with Crippen molar-refractivity contribution in [2.24, 2.45) is 0 Å². The van der Waals surface area contributed by atoms with Crippen molar-refractivity contribution >= 4 is 51.5 Å². The Kier molecular flexibility index (Phi) is 6.19. The van der Waals surface area contributed by atoms with E-state index in [-0.39, 0.29) is 17.2 Å². The minimum absolute atomic E-state index is 0.0395. The number of carbonyl (C=O) groups excluding carboxylic acids is 3. The van der Waals surface area contributed by atoms with Crippen molar-refractivity contribution in [3.8, 4) is 5.75 Å². The van der Waals surface area contributed by atoms with E-state index in [2.05, 4.69) is 5.32 Å². The molecule has 0 bridgehead atoms. The number of aliphatic hydroxyl groups excluding tert-OH is 1. The monoisotopic (exact) mass is 516 g/mol. The molecule has 186 valence electrons. The predicted octanol–water partition coefficient (Wildman–Crippen LogP) is 5.84. The summed E-state index contributed by atoms with van der Waals surface area (Å²) in [7, 11) is 1.51. The maximum absolute atomic E-state index is 13.7. The second-order valence-electron chi connectivity index (χ2n) is 8.47. The highest BCUT2D eigenvalue weighted by Gasteiger charge is 2.45. The molecule has 0 saturated heterocycles. The molecule has 2 N–H and O–H groups in total. The number of nitrogens with one attached hydrogen (secondary N) is 1. The number of furan rings is 1. The molecule has 9 heteroatoms. The number of fused-ring (bicyclic) bond motifs is 1. The van der Waals surface area contributed by atoms with Crippen LogP contribution in [-0.4, -0.2) is 29.8 Å². The highest BCUT2D eigenvalue weighted by Crippen LogP contribution is 2.43. The van der Waals surface area contributed by atoms with E-state index in [9.17, 15) is 19.5 Å². The zero-order valence-electron chi connectivity index (χ0n) is 19.8. The van der Waals surface area contributed by atoms with E-state index in [0.29, 0.717) is 38.7 Å². The van der Waals surface area contributed by atoms with Gasteiger partial charge in [-0.2, -0.15) is 0 Å². The molecule has 8 nitrogen and oxygen atoms in total. The number of Topliss-reactive ketones (excluding diaryl/α,β-unsaturated/α-hetero) is 1. The van der Waals surface area contributed by atoms with Crippen LogP contribution in [0.1, 0.15) is 29.1 Å². The summed E-state index contributed by atoms with van der Waals surface area (Å²) in [6, 6.07) is 18.9. The maximum Gasteiger partial charge on any atom is 0.294 e. The Bertz CT molecular complexity index is 1590. The number of hydrogen-bond donors (Lipinski definition) is 2. The first-order valence-electron chi connectivity index (χ1n) is 11.3. The fourth-order valence-corrected chi connectivity index (χ4v) is 4.58. The number of aliphatic hydroxyl groups is 1. The Morgan fingerprint density at radius 3 is 2.51 bits per heavy atom. The van der Waals surface area contributed by atoms with Gasteiger partial charge in [-0.25, -0.2) is 0 Å². The molecule has 0 radical (unpaired) electrons. The maximum atomic E-state index is 13.7. The molecule has 1 aliphatic rings. The topological polar surface area (TPSA) is 109 Å². The van der Waals surface area contributed by atoms with Crippen LogP contribution in [0.3, 0.4) is 0 Å². The second kappa shape index (κ2) is 9.48. The van der Waals surface area contributed by atoms with Gasteiger partial charge in [0, 0.05) is 28.7 Å². The van der Waals surface area contributed by atoms with Gasteiger partial charge in [0.05, 0.1) is 18.7 Å². The van der Waals surface area contributed by atoms with Crippen molar-refractivity contribution in [3.63, 3.8) is 0 Å². The number of nitrogens with zero attached hydrogens (tertiary/aromatic N) is 1. The van der Waals surface area contributed by atoms with Crippen molar-refractivity contribution in [2.75, 3.05) is 17.3 Å². The molecule has 1 aliphatic heterocycles. The molecule has 1 unspecified atom stereocenters. The number of anilines is 2. The molecule has 2 amide bonds. The van der Waals surface area contributed by atoms with E-state index in [4.69, 9.17) is 20.8 Å². The van der Waals surface area contributed by atoms with E-state index in [1.54, 1.807) is 66.7 Å². The van der Waals surface area contributed by atoms with Gasteiger partial charge in [0.25, 0.3) is 5.91 Å². The first-order valence-corrected chi connectivity index (χ1v) is 11.7. The van der Waals surface area contributed by atoms with Crippen LogP contribution in [0, 0.1) is 0 Å². The Balaban J connectivity index is 1.62. The van der Waals surface area contributed by atoms with Crippen molar-refractivity contribution in [3.05, 3.63) is 100 Å². The lowest BCUT2D eigenvalue weighted by atomic mass is 9.94. The van der Waals surface area contributed by atoms with Gasteiger partial charge in [-0.05, 0) is 66.2 Å². The van der Waals surface area contributed by atoms with Crippen molar-refractivity contribution in [1.82, 2.24) is 0 Å². The summed E-state index contributed by atoms with van der Waals surface area (Å²) in [5.74, 6) is -1.82. The number of methoxy groups -OCH3 is 1. The van der Waals surface area contributed by atoms with E-state index in [1.807, 2.05) is 0 Å². The lowest BCUT2D eigenvalue weighted by Crippen LogP contribution is -2.31. The van der Waals surface area contributed by atoms with Crippen LogP contribution in [0.2, 0.25) is 5.02 Å². The first-order chi connectivity index (χ1) is 17.8. The third kappa shape index (κ3) is 4.43. The zero-order chi connectivity index (χ0) is 26.3. The highest BCUT2D eigenvalue weighted by molar-refractivity contribution is 6.31. The summed E-state index contributed by atoms with van der Waals surface area (Å²) >= 11 is 6.07. The molecule has 0 spiro atoms. The van der Waals surface area contributed by atoms with Crippen molar-refractivity contribution in [2.45, 2.75) is 13.0 Å². The van der Waals surface area contributed by atoms with Crippen LogP contribution in [-0.2, 0) is 9.59 Å². The third-order valence-electron chi connectivity index (χ3n) is 6.03. The fourth-order valence-electron chi connectivity index (χ4n) is 4.40. The summed E-state index contributed by atoms with van der Waals surface area (Å²) < 4.78 is 11.1. The second-order valence-corrected chi connectivity index (χ2v) is 8.90. The zero-order valence-corrected chi connectivity index (χ0v) is 20.6. The van der Waals surface area contributed by atoms with Gasteiger partial charge in [0.1, 0.15) is 11.3 Å². The van der Waals surface area contributed by atoms with Crippen LogP contribution in [0.25, 0.3) is 11.0 Å². The van der Waals surface area contributed by atoms with Crippen LogP contribution in [0.4, 0.5) is 11.4 Å². The van der Waals surface area contributed by atoms with Crippen molar-refractivity contribution in [1.29, 1.82) is 0 Å². The minimum atomic E-state index is -0.974. The number of carbonyl (C=O) groups is 3. The van der Waals surface area contributed by atoms with Crippen LogP contribution in [0.15, 0.2) is 88.5 Å². The third-order valence-corrected chi connectivity index (χ3v) is 6.27. The van der Waals surface area contributed by atoms with E-state index in [0.717, 1.165) is 0 Å². The molecule has 4 aromatic rings. The molecule has 0 saturated carbocycles. The normalized spacial score (nSPS) is 15.4. The Labute approximate surface area is 216 Å². The number of benzene rings is 3. The van der Waals surface area contributed by atoms with Gasteiger partial charge >= 0.3 is 0 Å².